The van der Waals surface area contributed by atoms with Gasteiger partial charge in [-0.05, 0) is 25.5 Å². The van der Waals surface area contributed by atoms with Crippen molar-refractivity contribution in [2.24, 2.45) is 5.16 Å². The number of aryl methyl sites for hydroxylation is 1. The molecule has 1 rings (SSSR count). The molecular formula is C12H14N2O4. The van der Waals surface area contributed by atoms with Crippen LogP contribution in [0.1, 0.15) is 12.5 Å². The highest BCUT2D eigenvalue weighted by molar-refractivity contribution is 6.65. The van der Waals surface area contributed by atoms with Gasteiger partial charge < -0.3 is 15.3 Å². The Bertz CT molecular complexity index is 483. The first-order chi connectivity index (χ1) is 8.60. The van der Waals surface area contributed by atoms with Gasteiger partial charge in [0.15, 0.2) is 0 Å². The molecule has 0 unspecified atom stereocenters. The van der Waals surface area contributed by atoms with Crippen LogP contribution in [0.15, 0.2) is 29.4 Å². The molecule has 2 N–H and O–H groups in total. The summed E-state index contributed by atoms with van der Waals surface area (Å²) in [6.07, 6.45) is 0. The molecule has 0 bridgehead atoms. The summed E-state index contributed by atoms with van der Waals surface area (Å²) in [7, 11) is 0. The number of hydrogen-bond donors (Lipinski definition) is 2. The summed E-state index contributed by atoms with van der Waals surface area (Å²) in [6.45, 7) is 3.48. The van der Waals surface area contributed by atoms with Gasteiger partial charge in [-0.2, -0.15) is 0 Å². The summed E-state index contributed by atoms with van der Waals surface area (Å²) in [5.74, 6) is -1.78. The van der Waals surface area contributed by atoms with Gasteiger partial charge in [0, 0.05) is 5.69 Å². The van der Waals surface area contributed by atoms with Crippen molar-refractivity contribution in [1.82, 2.24) is 0 Å². The minimum absolute atomic E-state index is 0.0928. The number of anilines is 1. The van der Waals surface area contributed by atoms with Crippen LogP contribution >= 0.6 is 0 Å². The van der Waals surface area contributed by atoms with Gasteiger partial charge >= 0.3 is 5.97 Å². The van der Waals surface area contributed by atoms with Crippen molar-refractivity contribution in [3.05, 3.63) is 29.8 Å². The number of para-hydroxylation sites is 1. The Kier molecular flexibility index (Phi) is 4.86. The Morgan fingerprint density at radius 3 is 2.61 bits per heavy atom. The van der Waals surface area contributed by atoms with E-state index < -0.39 is 17.6 Å². The van der Waals surface area contributed by atoms with E-state index in [2.05, 4.69) is 15.2 Å². The topological polar surface area (TPSA) is 88.0 Å². The number of nitrogens with one attached hydrogen (secondary N) is 1. The second kappa shape index (κ2) is 6.39. The number of oxime groups is 1. The molecule has 1 amide bonds. The number of carbonyl (C=O) groups is 2. The Morgan fingerprint density at radius 2 is 2.06 bits per heavy atom. The van der Waals surface area contributed by atoms with Crippen LogP contribution in [0.4, 0.5) is 5.69 Å². The summed E-state index contributed by atoms with van der Waals surface area (Å²) < 4.78 is 4.59. The molecule has 96 valence electrons. The lowest BCUT2D eigenvalue weighted by Gasteiger charge is -2.08. The number of esters is 1. The van der Waals surface area contributed by atoms with Crippen LogP contribution < -0.4 is 5.32 Å². The average molecular weight is 250 g/mol. The first-order valence-corrected chi connectivity index (χ1v) is 5.36. The third-order valence-corrected chi connectivity index (χ3v) is 2.18. The maximum Gasteiger partial charge on any atom is 0.366 e. The fourth-order valence-electron chi connectivity index (χ4n) is 1.27. The number of carbonyl (C=O) groups excluding carboxylic acids is 2. The van der Waals surface area contributed by atoms with Gasteiger partial charge in [0.05, 0.1) is 6.61 Å². The Hall–Kier alpha value is -2.37. The van der Waals surface area contributed by atoms with Crippen molar-refractivity contribution < 1.29 is 19.5 Å². The van der Waals surface area contributed by atoms with Crippen LogP contribution in [-0.2, 0) is 14.3 Å². The van der Waals surface area contributed by atoms with Crippen LogP contribution in [0.2, 0.25) is 0 Å². The first-order valence-electron chi connectivity index (χ1n) is 5.36. The molecule has 1 aromatic carbocycles. The zero-order chi connectivity index (χ0) is 13.5. The second-order valence-electron chi connectivity index (χ2n) is 3.44. The lowest BCUT2D eigenvalue weighted by Crippen LogP contribution is -2.31. The number of ether oxygens (including phenoxy) is 1. The molecule has 0 aliphatic rings. The van der Waals surface area contributed by atoms with Crippen molar-refractivity contribution in [3.8, 4) is 0 Å². The third-order valence-electron chi connectivity index (χ3n) is 2.18. The maximum absolute atomic E-state index is 11.7. The minimum Gasteiger partial charge on any atom is -0.461 e. The van der Waals surface area contributed by atoms with Gasteiger partial charge in [-0.25, -0.2) is 4.79 Å². The van der Waals surface area contributed by atoms with E-state index in [4.69, 9.17) is 5.21 Å². The van der Waals surface area contributed by atoms with Crippen LogP contribution in [0, 0.1) is 6.92 Å². The molecule has 0 saturated carbocycles. The van der Waals surface area contributed by atoms with Crippen molar-refractivity contribution in [2.45, 2.75) is 13.8 Å². The highest BCUT2D eigenvalue weighted by Crippen LogP contribution is 2.13. The fourth-order valence-corrected chi connectivity index (χ4v) is 1.27. The van der Waals surface area contributed by atoms with E-state index >= 15 is 0 Å². The van der Waals surface area contributed by atoms with E-state index in [1.807, 2.05) is 6.07 Å². The monoisotopic (exact) mass is 250 g/mol. The molecule has 0 fully saturated rings. The predicted molar refractivity (Wildman–Crippen MR) is 65.7 cm³/mol. The zero-order valence-corrected chi connectivity index (χ0v) is 10.1. The summed E-state index contributed by atoms with van der Waals surface area (Å²) in [6, 6.07) is 7.03. The molecule has 0 saturated heterocycles. The highest BCUT2D eigenvalue weighted by atomic mass is 16.5. The molecule has 6 nitrogen and oxygen atoms in total. The number of nitrogens with zero attached hydrogens (tertiary/aromatic N) is 1. The lowest BCUT2D eigenvalue weighted by molar-refractivity contribution is -0.135. The molecule has 0 aliphatic heterocycles. The van der Waals surface area contributed by atoms with Crippen LogP contribution in [0.5, 0.6) is 0 Å². The normalized spacial score (nSPS) is 10.9. The molecule has 6 heteroatoms. The van der Waals surface area contributed by atoms with Crippen molar-refractivity contribution >= 4 is 23.3 Å². The molecular weight excluding hydrogens is 236 g/mol. The quantitative estimate of drug-likeness (QED) is 0.277. The first kappa shape index (κ1) is 13.7. The van der Waals surface area contributed by atoms with E-state index in [9.17, 15) is 9.59 Å². The van der Waals surface area contributed by atoms with E-state index in [0.29, 0.717) is 5.69 Å². The summed E-state index contributed by atoms with van der Waals surface area (Å²) in [5, 5.41) is 13.8. The predicted octanol–water partition coefficient (Wildman–Crippen LogP) is 1.33. The molecule has 1 aromatic rings. The van der Waals surface area contributed by atoms with Gasteiger partial charge in [-0.15, -0.1) is 0 Å². The second-order valence-corrected chi connectivity index (χ2v) is 3.44. The standard InChI is InChI=1S/C12H14N2O4/c1-3-18-12(16)10(14-17)11(15)13-9-7-5-4-6-8(9)2/h4-7,17H,3H2,1-2H3,(H,13,15). The van der Waals surface area contributed by atoms with E-state index in [1.54, 1.807) is 32.0 Å². The van der Waals surface area contributed by atoms with Crippen LogP contribution in [-0.4, -0.2) is 29.4 Å². The van der Waals surface area contributed by atoms with Crippen molar-refractivity contribution in [2.75, 3.05) is 11.9 Å². The molecule has 0 aromatic heterocycles. The van der Waals surface area contributed by atoms with Gasteiger partial charge in [-0.3, -0.25) is 4.79 Å². The molecule has 0 aliphatic carbocycles. The minimum atomic E-state index is -0.967. The third kappa shape index (κ3) is 3.31. The number of amides is 1. The lowest BCUT2D eigenvalue weighted by atomic mass is 10.2. The smallest absolute Gasteiger partial charge is 0.366 e. The fraction of sp³-hybridized carbons (Fsp3) is 0.250. The van der Waals surface area contributed by atoms with Crippen molar-refractivity contribution in [3.63, 3.8) is 0 Å². The Balaban J connectivity index is 2.82. The molecule has 0 heterocycles. The SMILES string of the molecule is CCOC(=O)C(=NO)C(=O)Nc1ccccc1C. The molecule has 18 heavy (non-hydrogen) atoms. The summed E-state index contributed by atoms with van der Waals surface area (Å²) in [5.41, 5.74) is 0.681. The molecule has 0 radical (unpaired) electrons. The highest BCUT2D eigenvalue weighted by Gasteiger charge is 2.23. The van der Waals surface area contributed by atoms with Gasteiger partial charge in [0.25, 0.3) is 11.6 Å². The van der Waals surface area contributed by atoms with Gasteiger partial charge in [0.2, 0.25) is 0 Å². The molecule has 0 spiro atoms. The maximum atomic E-state index is 11.7. The van der Waals surface area contributed by atoms with Gasteiger partial charge in [-0.1, -0.05) is 23.4 Å². The summed E-state index contributed by atoms with van der Waals surface area (Å²) in [4.78, 5) is 23.0. The van der Waals surface area contributed by atoms with E-state index in [-0.39, 0.29) is 6.61 Å². The Labute approximate surface area is 104 Å². The van der Waals surface area contributed by atoms with Crippen LogP contribution in [0.3, 0.4) is 0 Å². The number of hydrogen-bond acceptors (Lipinski definition) is 5. The average Bonchev–Trinajstić information content (AvgIpc) is 2.33. The van der Waals surface area contributed by atoms with E-state index in [1.165, 1.54) is 0 Å². The Morgan fingerprint density at radius 1 is 1.39 bits per heavy atom. The van der Waals surface area contributed by atoms with E-state index in [0.717, 1.165) is 5.56 Å². The zero-order valence-electron chi connectivity index (χ0n) is 10.1. The number of rotatable bonds is 4. The van der Waals surface area contributed by atoms with Crippen molar-refractivity contribution in [1.29, 1.82) is 0 Å². The molecule has 0 atom stereocenters. The number of benzene rings is 1. The van der Waals surface area contributed by atoms with Gasteiger partial charge in [0.1, 0.15) is 0 Å². The summed E-state index contributed by atoms with van der Waals surface area (Å²) >= 11 is 0. The van der Waals surface area contributed by atoms with Crippen LogP contribution in [0.25, 0.3) is 0 Å². The largest absolute Gasteiger partial charge is 0.461 e.